The number of carbonyl (C=O) groups is 2. The number of aryl methyl sites for hydroxylation is 1. The van der Waals surface area contributed by atoms with Gasteiger partial charge in [0.05, 0.1) is 11.9 Å². The Morgan fingerprint density at radius 3 is 2.75 bits per heavy atom. The molecule has 0 spiro atoms. The summed E-state index contributed by atoms with van der Waals surface area (Å²) < 4.78 is 13.9. The van der Waals surface area contributed by atoms with E-state index in [-0.39, 0.29) is 17.9 Å². The predicted octanol–water partition coefficient (Wildman–Crippen LogP) is 4.29. The van der Waals surface area contributed by atoms with E-state index in [1.54, 1.807) is 24.3 Å². The third-order valence-electron chi connectivity index (χ3n) is 6.28. The quantitative estimate of drug-likeness (QED) is 0.424. The van der Waals surface area contributed by atoms with Gasteiger partial charge in [-0.3, -0.25) is 0 Å². The zero-order chi connectivity index (χ0) is 25.1. The highest BCUT2D eigenvalue weighted by molar-refractivity contribution is 6.00. The van der Waals surface area contributed by atoms with Crippen LogP contribution in [0.25, 0.3) is 10.9 Å². The molecule has 0 saturated heterocycles. The van der Waals surface area contributed by atoms with Crippen LogP contribution in [0.4, 0.5) is 20.6 Å². The molecule has 1 unspecified atom stereocenters. The van der Waals surface area contributed by atoms with Crippen LogP contribution in [0.2, 0.25) is 0 Å². The number of halogens is 1. The first-order valence-corrected chi connectivity index (χ1v) is 11.8. The van der Waals surface area contributed by atoms with E-state index < -0.39 is 5.97 Å². The van der Waals surface area contributed by atoms with Crippen LogP contribution in [0.1, 0.15) is 24.5 Å². The second kappa shape index (κ2) is 10.1. The molecule has 9 heteroatoms. The highest BCUT2D eigenvalue weighted by Gasteiger charge is 2.27. The van der Waals surface area contributed by atoms with E-state index in [1.165, 1.54) is 19.2 Å². The van der Waals surface area contributed by atoms with Crippen LogP contribution in [0.3, 0.4) is 0 Å². The van der Waals surface area contributed by atoms with Crippen molar-refractivity contribution in [3.05, 3.63) is 89.9 Å². The molecule has 0 aliphatic carbocycles. The summed E-state index contributed by atoms with van der Waals surface area (Å²) in [6, 6.07) is 19.9. The summed E-state index contributed by atoms with van der Waals surface area (Å²) in [5, 5.41) is 10.6. The largest absolute Gasteiger partial charge is 0.362 e. The van der Waals surface area contributed by atoms with Gasteiger partial charge in [0.25, 0.3) is 0 Å². The summed E-state index contributed by atoms with van der Waals surface area (Å²) in [5.41, 5.74) is 4.22. The molecule has 0 bridgehead atoms. The first-order chi connectivity index (χ1) is 17.5. The van der Waals surface area contributed by atoms with Crippen LogP contribution in [-0.4, -0.2) is 34.5 Å². The van der Waals surface area contributed by atoms with E-state index in [0.29, 0.717) is 29.7 Å². The molecule has 3 aromatic carbocycles. The molecule has 8 nitrogen and oxygen atoms in total. The van der Waals surface area contributed by atoms with E-state index in [0.717, 1.165) is 34.5 Å². The molecule has 1 aliphatic heterocycles. The van der Waals surface area contributed by atoms with Gasteiger partial charge >= 0.3 is 12.0 Å². The molecule has 0 saturated carbocycles. The molecule has 0 radical (unpaired) electrons. The second-order valence-electron chi connectivity index (χ2n) is 8.75. The number of hydrogen-bond acceptors (Lipinski definition) is 5. The van der Waals surface area contributed by atoms with Gasteiger partial charge in [-0.15, -0.1) is 5.10 Å². The molecule has 184 valence electrons. The van der Waals surface area contributed by atoms with Crippen LogP contribution in [0.5, 0.6) is 0 Å². The van der Waals surface area contributed by atoms with Crippen molar-refractivity contribution in [3.8, 4) is 0 Å². The highest BCUT2D eigenvalue weighted by atomic mass is 19.1. The lowest BCUT2D eigenvalue weighted by molar-refractivity contribution is -0.142. The van der Waals surface area contributed by atoms with Crippen LogP contribution < -0.4 is 20.4 Å². The van der Waals surface area contributed by atoms with Gasteiger partial charge in [0, 0.05) is 37.1 Å². The van der Waals surface area contributed by atoms with E-state index in [2.05, 4.69) is 32.8 Å². The topological polar surface area (TPSA) is 88.5 Å². The molecular weight excluding hydrogens is 461 g/mol. The Kier molecular flexibility index (Phi) is 6.53. The van der Waals surface area contributed by atoms with Crippen LogP contribution >= 0.6 is 0 Å². The smallest absolute Gasteiger partial charge is 0.331 e. The first kappa shape index (κ1) is 23.3. The van der Waals surface area contributed by atoms with Crippen molar-refractivity contribution in [2.24, 2.45) is 0 Å². The SMILES string of the molecule is CC(=O)On1ncc2c(NC(=O)NCC3CCc4cc(F)ccc4N3Cc3ccccc3)cccc21. The highest BCUT2D eigenvalue weighted by Crippen LogP contribution is 2.32. The standard InChI is InChI=1S/C27H26FN5O3/c1-18(34)36-33-26-9-5-8-24(23(26)16-30-33)31-27(35)29-15-22-12-10-20-14-21(28)11-13-25(20)32(22)17-19-6-3-2-4-7-19/h2-9,11,13-14,16,22H,10,12,15,17H2,1H3,(H2,29,31,35). The summed E-state index contributed by atoms with van der Waals surface area (Å²) in [4.78, 5) is 32.6. The van der Waals surface area contributed by atoms with Gasteiger partial charge < -0.3 is 20.4 Å². The molecule has 1 atom stereocenters. The number of hydrogen-bond donors (Lipinski definition) is 2. The van der Waals surface area contributed by atoms with Crippen molar-refractivity contribution in [3.63, 3.8) is 0 Å². The van der Waals surface area contributed by atoms with E-state index in [9.17, 15) is 14.0 Å². The molecule has 1 aromatic heterocycles. The molecule has 2 N–H and O–H groups in total. The third-order valence-corrected chi connectivity index (χ3v) is 6.28. The molecule has 5 rings (SSSR count). The molecule has 1 aliphatic rings. The van der Waals surface area contributed by atoms with Crippen LogP contribution in [0, 0.1) is 5.82 Å². The average molecular weight is 488 g/mol. The number of amides is 2. The minimum absolute atomic E-state index is 0.0384. The fourth-order valence-corrected chi connectivity index (χ4v) is 4.62. The van der Waals surface area contributed by atoms with Crippen molar-refractivity contribution < 1.29 is 18.8 Å². The number of urea groups is 1. The third kappa shape index (κ3) is 5.00. The van der Waals surface area contributed by atoms with Gasteiger partial charge in [-0.2, -0.15) is 0 Å². The molecule has 0 fully saturated rings. The van der Waals surface area contributed by atoms with Gasteiger partial charge in [0.15, 0.2) is 0 Å². The number of carbonyl (C=O) groups excluding carboxylic acids is 2. The number of nitrogens with one attached hydrogen (secondary N) is 2. The predicted molar refractivity (Wildman–Crippen MR) is 135 cm³/mol. The van der Waals surface area contributed by atoms with E-state index >= 15 is 0 Å². The van der Waals surface area contributed by atoms with E-state index in [1.807, 2.05) is 24.3 Å². The normalized spacial score (nSPS) is 14.8. The van der Waals surface area contributed by atoms with Crippen molar-refractivity contribution in [1.82, 2.24) is 15.3 Å². The molecule has 36 heavy (non-hydrogen) atoms. The summed E-state index contributed by atoms with van der Waals surface area (Å²) in [6.07, 6.45) is 3.06. The number of fused-ring (bicyclic) bond motifs is 2. The Balaban J connectivity index is 1.30. The number of nitrogens with zero attached hydrogens (tertiary/aromatic N) is 3. The molecule has 2 heterocycles. The molecule has 2 amide bonds. The maximum absolute atomic E-state index is 13.9. The van der Waals surface area contributed by atoms with Gasteiger partial charge in [-0.25, -0.2) is 14.0 Å². The molecular formula is C27H26FN5O3. The fourth-order valence-electron chi connectivity index (χ4n) is 4.62. The number of rotatable bonds is 6. The number of benzene rings is 3. The van der Waals surface area contributed by atoms with Gasteiger partial charge in [-0.1, -0.05) is 41.2 Å². The van der Waals surface area contributed by atoms with E-state index in [4.69, 9.17) is 4.84 Å². The Labute approximate surface area is 207 Å². The minimum atomic E-state index is -0.493. The number of aromatic nitrogens is 2. The Hall–Kier alpha value is -4.40. The van der Waals surface area contributed by atoms with Crippen molar-refractivity contribution in [1.29, 1.82) is 0 Å². The second-order valence-corrected chi connectivity index (χ2v) is 8.75. The monoisotopic (exact) mass is 487 g/mol. The van der Waals surface area contributed by atoms with Gasteiger partial charge in [0.1, 0.15) is 11.3 Å². The summed E-state index contributed by atoms with van der Waals surface area (Å²) >= 11 is 0. The maximum atomic E-state index is 13.9. The summed E-state index contributed by atoms with van der Waals surface area (Å²) in [6.45, 7) is 2.37. The average Bonchev–Trinajstić information content (AvgIpc) is 3.27. The van der Waals surface area contributed by atoms with Crippen molar-refractivity contribution in [2.75, 3.05) is 16.8 Å². The van der Waals surface area contributed by atoms with Crippen molar-refractivity contribution in [2.45, 2.75) is 32.4 Å². The number of anilines is 2. The van der Waals surface area contributed by atoms with Crippen molar-refractivity contribution >= 4 is 34.3 Å². The van der Waals surface area contributed by atoms with Gasteiger partial charge in [0.2, 0.25) is 0 Å². The van der Waals surface area contributed by atoms with Crippen LogP contribution in [0.15, 0.2) is 72.9 Å². The summed E-state index contributed by atoms with van der Waals surface area (Å²) in [5.74, 6) is -0.733. The molecule has 4 aromatic rings. The fraction of sp³-hybridized carbons (Fsp3) is 0.222. The lowest BCUT2D eigenvalue weighted by Gasteiger charge is -2.39. The Morgan fingerprint density at radius 1 is 1.11 bits per heavy atom. The van der Waals surface area contributed by atoms with Gasteiger partial charge in [-0.05, 0) is 54.3 Å². The zero-order valence-electron chi connectivity index (χ0n) is 19.8. The Morgan fingerprint density at radius 2 is 1.94 bits per heavy atom. The Bertz CT molecular complexity index is 1410. The lowest BCUT2D eigenvalue weighted by Crippen LogP contribution is -2.47. The zero-order valence-corrected chi connectivity index (χ0v) is 19.8. The van der Waals surface area contributed by atoms with Crippen LogP contribution in [-0.2, 0) is 17.8 Å². The minimum Gasteiger partial charge on any atom is -0.362 e. The lowest BCUT2D eigenvalue weighted by atomic mass is 9.94. The summed E-state index contributed by atoms with van der Waals surface area (Å²) in [7, 11) is 0. The first-order valence-electron chi connectivity index (χ1n) is 11.8. The maximum Gasteiger partial charge on any atom is 0.331 e.